The average Bonchev–Trinajstić information content (AvgIpc) is 2.38. The Morgan fingerprint density at radius 3 is 2.60 bits per heavy atom. The predicted octanol–water partition coefficient (Wildman–Crippen LogP) is 2.87. The molecule has 1 amide bonds. The molecule has 5 N–H and O–H groups in total. The number of hydrogen-bond donors (Lipinski definition) is 3. The SMILES string of the molecule is COc1ccc(Br)cc1NC(=O)c1ccc(N)cc1N. The van der Waals surface area contributed by atoms with Crippen LogP contribution in [0.1, 0.15) is 10.4 Å². The van der Waals surface area contributed by atoms with Gasteiger partial charge in [-0.15, -0.1) is 0 Å². The third-order valence-electron chi connectivity index (χ3n) is 2.73. The number of ether oxygens (including phenoxy) is 1. The summed E-state index contributed by atoms with van der Waals surface area (Å²) in [6, 6.07) is 10.1. The second kappa shape index (κ2) is 5.83. The molecular weight excluding hydrogens is 322 g/mol. The van der Waals surface area contributed by atoms with E-state index in [1.54, 1.807) is 30.3 Å². The van der Waals surface area contributed by atoms with Crippen LogP contribution in [-0.4, -0.2) is 13.0 Å². The van der Waals surface area contributed by atoms with Crippen LogP contribution >= 0.6 is 15.9 Å². The quantitative estimate of drug-likeness (QED) is 0.752. The lowest BCUT2D eigenvalue weighted by atomic mass is 10.1. The normalized spacial score (nSPS) is 10.1. The molecule has 0 radical (unpaired) electrons. The number of nitrogens with two attached hydrogens (primary N) is 2. The van der Waals surface area contributed by atoms with Crippen LogP contribution in [0.5, 0.6) is 5.75 Å². The zero-order valence-electron chi connectivity index (χ0n) is 10.8. The predicted molar refractivity (Wildman–Crippen MR) is 83.9 cm³/mol. The molecule has 0 aliphatic rings. The number of amides is 1. The van der Waals surface area contributed by atoms with Crippen molar-refractivity contribution in [2.45, 2.75) is 0 Å². The van der Waals surface area contributed by atoms with E-state index in [4.69, 9.17) is 16.2 Å². The fourth-order valence-corrected chi connectivity index (χ4v) is 2.12. The standard InChI is InChI=1S/C14H14BrN3O2/c1-20-13-5-2-8(15)6-12(13)18-14(19)10-4-3-9(16)7-11(10)17/h2-7H,16-17H2,1H3,(H,18,19). The molecule has 0 aliphatic heterocycles. The molecule has 0 fully saturated rings. The maximum atomic E-state index is 12.2. The van der Waals surface area contributed by atoms with Gasteiger partial charge in [-0.05, 0) is 36.4 Å². The number of rotatable bonds is 3. The lowest BCUT2D eigenvalue weighted by Crippen LogP contribution is -2.14. The van der Waals surface area contributed by atoms with Crippen LogP contribution in [0.2, 0.25) is 0 Å². The third kappa shape index (κ3) is 3.03. The number of carbonyl (C=O) groups excluding carboxylic acids is 1. The van der Waals surface area contributed by atoms with E-state index in [1.807, 2.05) is 6.07 Å². The van der Waals surface area contributed by atoms with Crippen LogP contribution in [0.25, 0.3) is 0 Å². The van der Waals surface area contributed by atoms with Gasteiger partial charge in [-0.2, -0.15) is 0 Å². The largest absolute Gasteiger partial charge is 0.495 e. The van der Waals surface area contributed by atoms with E-state index < -0.39 is 0 Å². The summed E-state index contributed by atoms with van der Waals surface area (Å²) in [5.74, 6) is 0.245. The molecule has 0 saturated heterocycles. The van der Waals surface area contributed by atoms with Crippen LogP contribution in [0.15, 0.2) is 40.9 Å². The molecule has 6 heteroatoms. The van der Waals surface area contributed by atoms with Gasteiger partial charge < -0.3 is 21.5 Å². The van der Waals surface area contributed by atoms with Gasteiger partial charge in [0.25, 0.3) is 5.91 Å². The van der Waals surface area contributed by atoms with Gasteiger partial charge >= 0.3 is 0 Å². The van der Waals surface area contributed by atoms with Gasteiger partial charge in [0.15, 0.2) is 0 Å². The van der Waals surface area contributed by atoms with Crippen molar-refractivity contribution in [3.8, 4) is 5.75 Å². The molecule has 20 heavy (non-hydrogen) atoms. The molecule has 0 bridgehead atoms. The highest BCUT2D eigenvalue weighted by molar-refractivity contribution is 9.10. The smallest absolute Gasteiger partial charge is 0.257 e. The minimum Gasteiger partial charge on any atom is -0.495 e. The van der Waals surface area contributed by atoms with Gasteiger partial charge in [0.1, 0.15) is 5.75 Å². The molecular formula is C14H14BrN3O2. The topological polar surface area (TPSA) is 90.4 Å². The highest BCUT2D eigenvalue weighted by Crippen LogP contribution is 2.29. The Morgan fingerprint density at radius 1 is 1.20 bits per heavy atom. The number of hydrogen-bond acceptors (Lipinski definition) is 4. The number of anilines is 3. The molecule has 0 aliphatic carbocycles. The van der Waals surface area contributed by atoms with E-state index in [0.717, 1.165) is 4.47 Å². The second-order valence-electron chi connectivity index (χ2n) is 4.15. The summed E-state index contributed by atoms with van der Waals surface area (Å²) in [5.41, 5.74) is 13.2. The number of nitrogen functional groups attached to an aromatic ring is 2. The van der Waals surface area contributed by atoms with Gasteiger partial charge in [0.05, 0.1) is 18.4 Å². The Kier molecular flexibility index (Phi) is 4.14. The van der Waals surface area contributed by atoms with E-state index in [1.165, 1.54) is 7.11 Å². The van der Waals surface area contributed by atoms with E-state index in [2.05, 4.69) is 21.2 Å². The summed E-state index contributed by atoms with van der Waals surface area (Å²) in [5, 5.41) is 2.76. The second-order valence-corrected chi connectivity index (χ2v) is 5.06. The number of nitrogens with one attached hydrogen (secondary N) is 1. The number of benzene rings is 2. The van der Waals surface area contributed by atoms with E-state index >= 15 is 0 Å². The summed E-state index contributed by atoms with van der Waals surface area (Å²) in [7, 11) is 1.54. The van der Waals surface area contributed by atoms with Crippen molar-refractivity contribution < 1.29 is 9.53 Å². The van der Waals surface area contributed by atoms with Crippen molar-refractivity contribution in [1.29, 1.82) is 0 Å². The molecule has 0 unspecified atom stereocenters. The molecule has 0 saturated carbocycles. The fraction of sp³-hybridized carbons (Fsp3) is 0.0714. The first-order valence-corrected chi connectivity index (χ1v) is 6.60. The van der Waals surface area contributed by atoms with Gasteiger partial charge in [-0.25, -0.2) is 0 Å². The highest BCUT2D eigenvalue weighted by Gasteiger charge is 2.13. The first kappa shape index (κ1) is 14.2. The fourth-order valence-electron chi connectivity index (χ4n) is 1.76. The highest BCUT2D eigenvalue weighted by atomic mass is 79.9. The molecule has 2 rings (SSSR count). The monoisotopic (exact) mass is 335 g/mol. The Bertz CT molecular complexity index is 659. The van der Waals surface area contributed by atoms with Crippen molar-refractivity contribution in [2.24, 2.45) is 0 Å². The first-order valence-electron chi connectivity index (χ1n) is 5.81. The molecule has 0 atom stereocenters. The Morgan fingerprint density at radius 2 is 1.95 bits per heavy atom. The lowest BCUT2D eigenvalue weighted by molar-refractivity contribution is 0.102. The Labute approximate surface area is 125 Å². The summed E-state index contributed by atoms with van der Waals surface area (Å²) in [6.07, 6.45) is 0. The number of methoxy groups -OCH3 is 1. The van der Waals surface area contributed by atoms with Gasteiger partial charge in [-0.3, -0.25) is 4.79 Å². The molecule has 2 aromatic carbocycles. The van der Waals surface area contributed by atoms with E-state index in [9.17, 15) is 4.79 Å². The zero-order chi connectivity index (χ0) is 14.7. The maximum Gasteiger partial charge on any atom is 0.257 e. The number of carbonyl (C=O) groups is 1. The summed E-state index contributed by atoms with van der Waals surface area (Å²) < 4.78 is 6.03. The average molecular weight is 336 g/mol. The lowest BCUT2D eigenvalue weighted by Gasteiger charge is -2.12. The molecule has 0 spiro atoms. The molecule has 5 nitrogen and oxygen atoms in total. The van der Waals surface area contributed by atoms with Crippen LogP contribution in [-0.2, 0) is 0 Å². The molecule has 0 heterocycles. The summed E-state index contributed by atoms with van der Waals surface area (Å²) in [4.78, 5) is 12.2. The van der Waals surface area contributed by atoms with E-state index in [0.29, 0.717) is 28.4 Å². The minimum absolute atomic E-state index is 0.320. The van der Waals surface area contributed by atoms with Crippen LogP contribution in [0.4, 0.5) is 17.1 Å². The van der Waals surface area contributed by atoms with Gasteiger partial charge in [0, 0.05) is 15.8 Å². The summed E-state index contributed by atoms with van der Waals surface area (Å²) in [6.45, 7) is 0. The Hall–Kier alpha value is -2.21. The molecule has 2 aromatic rings. The van der Waals surface area contributed by atoms with Crippen molar-refractivity contribution in [2.75, 3.05) is 23.9 Å². The Balaban J connectivity index is 2.30. The van der Waals surface area contributed by atoms with Crippen LogP contribution < -0.4 is 21.5 Å². The number of halogens is 1. The summed E-state index contributed by atoms with van der Waals surface area (Å²) >= 11 is 3.35. The molecule has 104 valence electrons. The van der Waals surface area contributed by atoms with Crippen molar-refractivity contribution in [1.82, 2.24) is 0 Å². The first-order chi connectivity index (χ1) is 9.51. The van der Waals surface area contributed by atoms with Gasteiger partial charge in [0.2, 0.25) is 0 Å². The van der Waals surface area contributed by atoms with Crippen molar-refractivity contribution in [3.63, 3.8) is 0 Å². The van der Waals surface area contributed by atoms with Crippen LogP contribution in [0.3, 0.4) is 0 Å². The third-order valence-corrected chi connectivity index (χ3v) is 3.22. The van der Waals surface area contributed by atoms with Crippen molar-refractivity contribution >= 4 is 38.9 Å². The zero-order valence-corrected chi connectivity index (χ0v) is 12.4. The molecule has 0 aromatic heterocycles. The van der Waals surface area contributed by atoms with Gasteiger partial charge in [-0.1, -0.05) is 15.9 Å². The van der Waals surface area contributed by atoms with Crippen molar-refractivity contribution in [3.05, 3.63) is 46.4 Å². The van der Waals surface area contributed by atoms with Crippen LogP contribution in [0, 0.1) is 0 Å². The minimum atomic E-state index is -0.320. The van der Waals surface area contributed by atoms with E-state index in [-0.39, 0.29) is 5.91 Å². The maximum absolute atomic E-state index is 12.2.